The lowest BCUT2D eigenvalue weighted by Crippen LogP contribution is -2.42. The summed E-state index contributed by atoms with van der Waals surface area (Å²) in [6.07, 6.45) is 9.31. The second-order valence-electron chi connectivity index (χ2n) is 11.9. The molecule has 1 aromatic carbocycles. The minimum atomic E-state index is -0.549. The number of carbonyl (C=O) groups is 1. The zero-order chi connectivity index (χ0) is 28.8. The molecule has 1 fully saturated rings. The van der Waals surface area contributed by atoms with Crippen molar-refractivity contribution in [2.45, 2.75) is 58.0 Å². The van der Waals surface area contributed by atoms with Gasteiger partial charge in [0.15, 0.2) is 5.65 Å². The Morgan fingerprint density at radius 2 is 2.00 bits per heavy atom. The number of hydrogen-bond acceptors (Lipinski definition) is 6. The smallest absolute Gasteiger partial charge is 0.270 e. The third-order valence-corrected chi connectivity index (χ3v) is 8.54. The number of H-pyrrole nitrogens is 1. The molecule has 6 rings (SSSR count). The predicted molar refractivity (Wildman–Crippen MR) is 155 cm³/mol. The fraction of sp³-hybridized carbons (Fsp3) is 0.375. The number of rotatable bonds is 6. The van der Waals surface area contributed by atoms with E-state index in [1.165, 1.54) is 12.1 Å². The number of nitrogens with one attached hydrogen (secondary N) is 2. The van der Waals surface area contributed by atoms with Crippen LogP contribution in [0, 0.1) is 11.2 Å². The number of pyridine rings is 2. The van der Waals surface area contributed by atoms with Gasteiger partial charge in [0, 0.05) is 42.3 Å². The second-order valence-corrected chi connectivity index (χ2v) is 11.9. The van der Waals surface area contributed by atoms with E-state index in [1.54, 1.807) is 19.4 Å². The van der Waals surface area contributed by atoms with Crippen molar-refractivity contribution >= 4 is 28.8 Å². The third-order valence-electron chi connectivity index (χ3n) is 8.54. The number of hydrogen-bond donors (Lipinski definition) is 3. The van der Waals surface area contributed by atoms with E-state index in [-0.39, 0.29) is 22.8 Å². The molecule has 2 aliphatic rings. The first-order valence-corrected chi connectivity index (χ1v) is 14.0. The van der Waals surface area contributed by atoms with Crippen molar-refractivity contribution in [1.29, 1.82) is 0 Å². The van der Waals surface area contributed by atoms with Gasteiger partial charge in [0.1, 0.15) is 17.3 Å². The van der Waals surface area contributed by atoms with Crippen LogP contribution in [0.5, 0.6) is 0 Å². The molecule has 0 aliphatic heterocycles. The molecule has 41 heavy (non-hydrogen) atoms. The molecule has 3 N–H and O–H groups in total. The predicted octanol–water partition coefficient (Wildman–Crippen LogP) is 4.32. The van der Waals surface area contributed by atoms with Crippen molar-refractivity contribution in [2.24, 2.45) is 5.41 Å². The monoisotopic (exact) mass is 555 g/mol. The maximum absolute atomic E-state index is 13.8. The van der Waals surface area contributed by atoms with Gasteiger partial charge in [-0.15, -0.1) is 0 Å². The number of amides is 1. The molecule has 0 atom stereocenters. The summed E-state index contributed by atoms with van der Waals surface area (Å²) in [5.74, 6) is -0.362. The largest absolute Gasteiger partial charge is 0.512 e. The zero-order valence-corrected chi connectivity index (χ0v) is 23.6. The van der Waals surface area contributed by atoms with Crippen molar-refractivity contribution in [1.82, 2.24) is 25.5 Å². The number of aliphatic hydroxyl groups excluding tert-OH is 1. The highest BCUT2D eigenvalue weighted by Crippen LogP contribution is 2.46. The lowest BCUT2D eigenvalue weighted by atomic mass is 9.74. The van der Waals surface area contributed by atoms with E-state index < -0.39 is 5.60 Å². The Morgan fingerprint density at radius 1 is 1.20 bits per heavy atom. The second kappa shape index (κ2) is 10.4. The average molecular weight is 556 g/mol. The third kappa shape index (κ3) is 5.22. The molecular formula is C32H34FN5O3. The van der Waals surface area contributed by atoms with E-state index in [4.69, 9.17) is 9.72 Å². The first-order valence-electron chi connectivity index (χ1n) is 14.0. The number of halogens is 1. The number of ether oxygens (including phenoxy) is 1. The van der Waals surface area contributed by atoms with Gasteiger partial charge in [-0.05, 0) is 68.4 Å². The van der Waals surface area contributed by atoms with Crippen molar-refractivity contribution in [3.8, 4) is 11.1 Å². The number of aromatic nitrogens is 4. The van der Waals surface area contributed by atoms with Crippen LogP contribution >= 0.6 is 0 Å². The van der Waals surface area contributed by atoms with Crippen LogP contribution in [-0.2, 0) is 11.2 Å². The van der Waals surface area contributed by atoms with Gasteiger partial charge in [-0.3, -0.25) is 14.9 Å². The molecular weight excluding hydrogens is 521 g/mol. The van der Waals surface area contributed by atoms with E-state index in [0.29, 0.717) is 45.9 Å². The minimum absolute atomic E-state index is 0.0160. The molecule has 3 heterocycles. The lowest BCUT2D eigenvalue weighted by Gasteiger charge is -2.32. The topological polar surface area (TPSA) is 113 Å². The summed E-state index contributed by atoms with van der Waals surface area (Å²) >= 11 is 0. The van der Waals surface area contributed by atoms with Crippen LogP contribution in [-0.4, -0.2) is 50.4 Å². The van der Waals surface area contributed by atoms with E-state index in [1.807, 2.05) is 38.1 Å². The lowest BCUT2D eigenvalue weighted by molar-refractivity contribution is 0.0228. The van der Waals surface area contributed by atoms with Crippen LogP contribution in [0.15, 0.2) is 42.6 Å². The standard InChI is InChI=1S/C32H34FN5O3/c1-31(2,41-3)18-35-30(40)28-27-23(14-22-10-9-20(17-34-22)19-7-6-8-21(33)13-19)26-24(36-29(27)38-37-28)15-32(16-25(26)39)11-4-5-12-32/h6-10,13-14,17,39H,4-5,11-12,15-16,18H2,1-3H3,(H,35,40)(H,37,38)/b23-14+. The number of carbonyl (C=O) groups excluding carboxylic acids is 1. The summed E-state index contributed by atoms with van der Waals surface area (Å²) in [5, 5.41) is 23.6. The van der Waals surface area contributed by atoms with Crippen LogP contribution in [0.25, 0.3) is 34.0 Å². The molecule has 8 nitrogen and oxygen atoms in total. The Morgan fingerprint density at radius 3 is 2.71 bits per heavy atom. The number of aromatic amines is 1. The van der Waals surface area contributed by atoms with Gasteiger partial charge in [0.2, 0.25) is 0 Å². The van der Waals surface area contributed by atoms with Gasteiger partial charge in [-0.2, -0.15) is 5.10 Å². The van der Waals surface area contributed by atoms with Gasteiger partial charge in [-0.1, -0.05) is 31.0 Å². The summed E-state index contributed by atoms with van der Waals surface area (Å²) in [7, 11) is 1.60. The summed E-state index contributed by atoms with van der Waals surface area (Å²) in [6.45, 7) is 4.07. The van der Waals surface area contributed by atoms with Crippen LogP contribution < -0.4 is 15.8 Å². The summed E-state index contributed by atoms with van der Waals surface area (Å²) in [5.41, 5.74) is 3.09. The molecule has 2 aliphatic carbocycles. The highest BCUT2D eigenvalue weighted by molar-refractivity contribution is 6.04. The molecule has 0 saturated heterocycles. The van der Waals surface area contributed by atoms with E-state index in [0.717, 1.165) is 48.9 Å². The number of benzene rings is 1. The molecule has 4 aromatic rings. The van der Waals surface area contributed by atoms with E-state index >= 15 is 0 Å². The van der Waals surface area contributed by atoms with Crippen molar-refractivity contribution in [3.05, 3.63) is 75.9 Å². The van der Waals surface area contributed by atoms with E-state index in [9.17, 15) is 14.3 Å². The van der Waals surface area contributed by atoms with Gasteiger partial charge in [0.05, 0.1) is 22.4 Å². The van der Waals surface area contributed by atoms with Crippen LogP contribution in [0.3, 0.4) is 0 Å². The number of aliphatic hydroxyl groups is 1. The summed E-state index contributed by atoms with van der Waals surface area (Å²) in [4.78, 5) is 22.9. The fourth-order valence-corrected chi connectivity index (χ4v) is 6.16. The highest BCUT2D eigenvalue weighted by Gasteiger charge is 2.39. The summed E-state index contributed by atoms with van der Waals surface area (Å²) in [6, 6.07) is 10.1. The van der Waals surface area contributed by atoms with Crippen molar-refractivity contribution in [2.75, 3.05) is 13.7 Å². The molecule has 0 bridgehead atoms. The van der Waals surface area contributed by atoms with Crippen molar-refractivity contribution in [3.63, 3.8) is 0 Å². The Bertz CT molecular complexity index is 1750. The normalized spacial score (nSPS) is 16.9. The van der Waals surface area contributed by atoms with Gasteiger partial charge in [0.25, 0.3) is 5.91 Å². The first-order chi connectivity index (χ1) is 19.7. The molecule has 0 unspecified atom stereocenters. The number of nitrogens with zero attached hydrogens (tertiary/aromatic N) is 3. The van der Waals surface area contributed by atoms with Crippen LogP contribution in [0.4, 0.5) is 4.39 Å². The zero-order valence-electron chi connectivity index (χ0n) is 23.6. The average Bonchev–Trinajstić information content (AvgIpc) is 3.59. The van der Waals surface area contributed by atoms with Gasteiger partial charge < -0.3 is 15.2 Å². The fourth-order valence-electron chi connectivity index (χ4n) is 6.16. The van der Waals surface area contributed by atoms with Crippen LogP contribution in [0.1, 0.15) is 67.8 Å². The molecule has 9 heteroatoms. The SMILES string of the molecule is COC(C)(C)CNC(=O)c1[nH]nc2nc3c(/c(=C\c4ccc(-c5cccc(F)c5)cn4)c12)=C(O)CC1(CCCC1)C3. The van der Waals surface area contributed by atoms with Gasteiger partial charge in [-0.25, -0.2) is 9.37 Å². The van der Waals surface area contributed by atoms with Gasteiger partial charge >= 0.3 is 0 Å². The molecule has 1 spiro atoms. The number of fused-ring (bicyclic) bond motifs is 2. The maximum atomic E-state index is 13.8. The molecule has 1 amide bonds. The Hall–Kier alpha value is -4.11. The minimum Gasteiger partial charge on any atom is -0.512 e. The van der Waals surface area contributed by atoms with Crippen molar-refractivity contribution < 1.29 is 19.0 Å². The van der Waals surface area contributed by atoms with Crippen LogP contribution in [0.2, 0.25) is 0 Å². The quantitative estimate of drug-likeness (QED) is 0.327. The number of methoxy groups -OCH3 is 1. The summed E-state index contributed by atoms with van der Waals surface area (Å²) < 4.78 is 19.2. The Balaban J connectivity index is 1.51. The highest BCUT2D eigenvalue weighted by atomic mass is 19.1. The van der Waals surface area contributed by atoms with E-state index in [2.05, 4.69) is 20.5 Å². The Kier molecular flexibility index (Phi) is 6.85. The Labute approximate surface area is 237 Å². The molecule has 1 saturated carbocycles. The maximum Gasteiger partial charge on any atom is 0.270 e. The first kappa shape index (κ1) is 27.1. The molecule has 212 valence electrons. The molecule has 3 aromatic heterocycles. The molecule has 0 radical (unpaired) electrons.